The molecule has 0 aliphatic heterocycles. The maximum absolute atomic E-state index is 12.4. The van der Waals surface area contributed by atoms with Crippen LogP contribution >= 0.6 is 12.2 Å². The molecule has 0 bridgehead atoms. The summed E-state index contributed by atoms with van der Waals surface area (Å²) in [6.45, 7) is 6.93. The molecule has 0 spiro atoms. The van der Waals surface area contributed by atoms with Crippen molar-refractivity contribution in [1.29, 1.82) is 0 Å². The highest BCUT2D eigenvalue weighted by Gasteiger charge is 2.09. The topological polar surface area (TPSA) is 50.4 Å². The lowest BCUT2D eigenvalue weighted by Gasteiger charge is -2.12. The van der Waals surface area contributed by atoms with Gasteiger partial charge >= 0.3 is 0 Å². The molecule has 28 heavy (non-hydrogen) atoms. The van der Waals surface area contributed by atoms with Crippen LogP contribution in [-0.2, 0) is 0 Å². The summed E-state index contributed by atoms with van der Waals surface area (Å²) in [5.74, 6) is 0.539. The fourth-order valence-electron chi connectivity index (χ4n) is 2.80. The van der Waals surface area contributed by atoms with E-state index < -0.39 is 0 Å². The van der Waals surface area contributed by atoms with Crippen LogP contribution in [-0.4, -0.2) is 17.6 Å². The predicted molar refractivity (Wildman–Crippen MR) is 120 cm³/mol. The summed E-state index contributed by atoms with van der Waals surface area (Å²) in [4.78, 5) is 12.4. The highest BCUT2D eigenvalue weighted by atomic mass is 32.1. The van der Waals surface area contributed by atoms with E-state index in [2.05, 4.69) is 17.6 Å². The van der Waals surface area contributed by atoms with E-state index in [4.69, 9.17) is 17.0 Å². The zero-order chi connectivity index (χ0) is 20.4. The Morgan fingerprint density at radius 2 is 1.71 bits per heavy atom. The standard InChI is InChI=1S/C23H30N2O2S/c1-4-5-6-7-8-15-27-20-13-11-19(12-14-20)22(26)25-23(28)24-21-16-17(2)9-10-18(21)3/h9-14,16H,4-8,15H2,1-3H3,(H2,24,25,26,28). The molecule has 0 aliphatic rings. The van der Waals surface area contributed by atoms with E-state index in [1.807, 2.05) is 44.2 Å². The molecule has 0 atom stereocenters. The highest BCUT2D eigenvalue weighted by Crippen LogP contribution is 2.17. The SMILES string of the molecule is CCCCCCCOc1ccc(C(=O)NC(=S)Nc2cc(C)ccc2C)cc1. The number of amides is 1. The molecule has 150 valence electrons. The summed E-state index contributed by atoms with van der Waals surface area (Å²) in [6, 6.07) is 13.2. The third kappa shape index (κ3) is 7.31. The van der Waals surface area contributed by atoms with Crippen LogP contribution in [0.3, 0.4) is 0 Å². The van der Waals surface area contributed by atoms with E-state index in [9.17, 15) is 4.79 Å². The number of anilines is 1. The molecule has 0 unspecified atom stereocenters. The quantitative estimate of drug-likeness (QED) is 0.415. The van der Waals surface area contributed by atoms with Gasteiger partial charge in [0.05, 0.1) is 6.61 Å². The smallest absolute Gasteiger partial charge is 0.257 e. The zero-order valence-electron chi connectivity index (χ0n) is 17.0. The Morgan fingerprint density at radius 3 is 2.43 bits per heavy atom. The molecule has 4 nitrogen and oxygen atoms in total. The Hall–Kier alpha value is -2.40. The number of aryl methyl sites for hydroxylation is 2. The van der Waals surface area contributed by atoms with Crippen molar-refractivity contribution in [1.82, 2.24) is 5.32 Å². The first-order chi connectivity index (χ1) is 13.5. The van der Waals surface area contributed by atoms with Crippen LogP contribution in [0.5, 0.6) is 5.75 Å². The van der Waals surface area contributed by atoms with Crippen molar-refractivity contribution in [3.63, 3.8) is 0 Å². The first-order valence-electron chi connectivity index (χ1n) is 9.92. The van der Waals surface area contributed by atoms with E-state index >= 15 is 0 Å². The van der Waals surface area contributed by atoms with Crippen molar-refractivity contribution >= 4 is 28.9 Å². The molecule has 0 fully saturated rings. The van der Waals surface area contributed by atoms with Crippen LogP contribution < -0.4 is 15.4 Å². The van der Waals surface area contributed by atoms with Gasteiger partial charge in [-0.3, -0.25) is 10.1 Å². The average Bonchev–Trinajstić information content (AvgIpc) is 2.68. The first kappa shape index (κ1) is 21.9. The molecule has 2 aromatic carbocycles. The van der Waals surface area contributed by atoms with Crippen LogP contribution in [0.1, 0.15) is 60.5 Å². The van der Waals surface area contributed by atoms with Gasteiger partial charge in [-0.05, 0) is 73.9 Å². The molecule has 5 heteroatoms. The second-order valence-corrected chi connectivity index (χ2v) is 7.42. The van der Waals surface area contributed by atoms with Gasteiger partial charge in [-0.1, -0.05) is 44.7 Å². The van der Waals surface area contributed by atoms with Gasteiger partial charge in [-0.2, -0.15) is 0 Å². The molecular weight excluding hydrogens is 368 g/mol. The van der Waals surface area contributed by atoms with Gasteiger partial charge in [0.2, 0.25) is 0 Å². The van der Waals surface area contributed by atoms with Crippen LogP contribution in [0.4, 0.5) is 5.69 Å². The number of hydrogen-bond donors (Lipinski definition) is 2. The lowest BCUT2D eigenvalue weighted by atomic mass is 10.1. The van der Waals surface area contributed by atoms with E-state index in [0.717, 1.165) is 29.0 Å². The van der Waals surface area contributed by atoms with Gasteiger partial charge < -0.3 is 10.1 Å². The number of nitrogens with one attached hydrogen (secondary N) is 2. The van der Waals surface area contributed by atoms with Gasteiger partial charge in [-0.15, -0.1) is 0 Å². The molecule has 0 heterocycles. The molecule has 2 rings (SSSR count). The van der Waals surface area contributed by atoms with Crippen molar-refractivity contribution in [2.75, 3.05) is 11.9 Å². The normalized spacial score (nSPS) is 10.4. The van der Waals surface area contributed by atoms with Gasteiger partial charge in [0, 0.05) is 11.3 Å². The summed E-state index contributed by atoms with van der Waals surface area (Å²) in [5, 5.41) is 6.09. The van der Waals surface area contributed by atoms with Crippen molar-refractivity contribution in [2.45, 2.75) is 52.9 Å². The second-order valence-electron chi connectivity index (χ2n) is 7.01. The fraction of sp³-hybridized carbons (Fsp3) is 0.391. The average molecular weight is 399 g/mol. The number of carbonyl (C=O) groups excluding carboxylic acids is 1. The molecule has 1 amide bonds. The molecule has 0 aromatic heterocycles. The monoisotopic (exact) mass is 398 g/mol. The molecule has 2 aromatic rings. The number of hydrogen-bond acceptors (Lipinski definition) is 3. The number of ether oxygens (including phenoxy) is 1. The Kier molecular flexibility index (Phi) is 8.95. The maximum atomic E-state index is 12.4. The third-order valence-electron chi connectivity index (χ3n) is 4.50. The van der Waals surface area contributed by atoms with Crippen LogP contribution in [0.25, 0.3) is 0 Å². The molecule has 0 saturated carbocycles. The Bertz CT molecular complexity index is 788. The lowest BCUT2D eigenvalue weighted by molar-refractivity contribution is 0.0977. The van der Waals surface area contributed by atoms with Crippen LogP contribution in [0.15, 0.2) is 42.5 Å². The number of benzene rings is 2. The van der Waals surface area contributed by atoms with Crippen molar-refractivity contribution in [2.24, 2.45) is 0 Å². The highest BCUT2D eigenvalue weighted by molar-refractivity contribution is 7.80. The minimum absolute atomic E-state index is 0.242. The summed E-state index contributed by atoms with van der Waals surface area (Å²) in [7, 11) is 0. The molecule has 0 aliphatic carbocycles. The second kappa shape index (κ2) is 11.4. The summed E-state index contributed by atoms with van der Waals surface area (Å²) in [5.41, 5.74) is 3.63. The zero-order valence-corrected chi connectivity index (χ0v) is 17.8. The van der Waals surface area contributed by atoms with E-state index in [-0.39, 0.29) is 11.0 Å². The number of unbranched alkanes of at least 4 members (excludes halogenated alkanes) is 4. The van der Waals surface area contributed by atoms with E-state index in [1.54, 1.807) is 12.1 Å². The number of rotatable bonds is 9. The van der Waals surface area contributed by atoms with Crippen molar-refractivity contribution in [3.05, 3.63) is 59.2 Å². The number of thiocarbonyl (C=S) groups is 1. The van der Waals surface area contributed by atoms with Crippen molar-refractivity contribution in [3.8, 4) is 5.75 Å². The molecule has 0 saturated heterocycles. The summed E-state index contributed by atoms with van der Waals surface area (Å²) in [6.07, 6.45) is 6.03. The van der Waals surface area contributed by atoms with Gasteiger partial charge in [0.15, 0.2) is 5.11 Å². The van der Waals surface area contributed by atoms with Crippen molar-refractivity contribution < 1.29 is 9.53 Å². The van der Waals surface area contributed by atoms with Gasteiger partial charge in [0.1, 0.15) is 5.75 Å². The fourth-order valence-corrected chi connectivity index (χ4v) is 3.00. The van der Waals surface area contributed by atoms with E-state index in [0.29, 0.717) is 12.2 Å². The number of carbonyl (C=O) groups is 1. The van der Waals surface area contributed by atoms with E-state index in [1.165, 1.54) is 25.7 Å². The summed E-state index contributed by atoms with van der Waals surface area (Å²) >= 11 is 5.27. The van der Waals surface area contributed by atoms with Gasteiger partial charge in [0.25, 0.3) is 5.91 Å². The minimum Gasteiger partial charge on any atom is -0.494 e. The third-order valence-corrected chi connectivity index (χ3v) is 4.71. The summed E-state index contributed by atoms with van der Waals surface area (Å²) < 4.78 is 5.74. The molecule has 0 radical (unpaired) electrons. The largest absolute Gasteiger partial charge is 0.494 e. The minimum atomic E-state index is -0.242. The Labute approximate surface area is 173 Å². The van der Waals surface area contributed by atoms with Crippen LogP contribution in [0, 0.1) is 13.8 Å². The molecular formula is C23H30N2O2S. The van der Waals surface area contributed by atoms with Crippen LogP contribution in [0.2, 0.25) is 0 Å². The first-order valence-corrected chi connectivity index (χ1v) is 10.3. The Morgan fingerprint density at radius 1 is 1.00 bits per heavy atom. The maximum Gasteiger partial charge on any atom is 0.257 e. The molecule has 2 N–H and O–H groups in total. The lowest BCUT2D eigenvalue weighted by Crippen LogP contribution is -2.34. The predicted octanol–water partition coefficient (Wildman–Crippen LogP) is 5.78. The Balaban J connectivity index is 1.80. The van der Waals surface area contributed by atoms with Gasteiger partial charge in [-0.25, -0.2) is 0 Å².